The highest BCUT2D eigenvalue weighted by atomic mass is 16.2. The smallest absolute Gasteiger partial charge is 0.252 e. The summed E-state index contributed by atoms with van der Waals surface area (Å²) in [5.41, 5.74) is 4.80. The average Bonchev–Trinajstić information content (AvgIpc) is 2.60. The van der Waals surface area contributed by atoms with Gasteiger partial charge in [0.25, 0.3) is 5.91 Å². The van der Waals surface area contributed by atoms with Gasteiger partial charge in [-0.1, -0.05) is 35.9 Å². The van der Waals surface area contributed by atoms with Crippen molar-refractivity contribution in [3.8, 4) is 0 Å². The lowest BCUT2D eigenvalue weighted by molar-refractivity contribution is -0.120. The molecule has 1 heterocycles. The van der Waals surface area contributed by atoms with Crippen LogP contribution in [0.5, 0.6) is 0 Å². The van der Waals surface area contributed by atoms with Crippen LogP contribution in [0.3, 0.4) is 0 Å². The average molecular weight is 336 g/mol. The van der Waals surface area contributed by atoms with Crippen molar-refractivity contribution >= 4 is 17.5 Å². The number of carbonyl (C=O) groups is 2. The molecule has 0 saturated carbocycles. The minimum atomic E-state index is -0.570. The summed E-state index contributed by atoms with van der Waals surface area (Å²) >= 11 is 0. The van der Waals surface area contributed by atoms with Gasteiger partial charge in [-0.3, -0.25) is 9.59 Å². The summed E-state index contributed by atoms with van der Waals surface area (Å²) < 4.78 is 0. The molecule has 0 radical (unpaired) electrons. The van der Waals surface area contributed by atoms with Gasteiger partial charge < -0.3 is 10.2 Å². The highest BCUT2D eigenvalue weighted by Gasteiger charge is 2.27. The molecule has 2 aromatic carbocycles. The van der Waals surface area contributed by atoms with Gasteiger partial charge in [0, 0.05) is 17.8 Å². The Morgan fingerprint density at radius 3 is 2.64 bits per heavy atom. The topological polar surface area (TPSA) is 49.4 Å². The summed E-state index contributed by atoms with van der Waals surface area (Å²) in [5, 5.41) is 2.85. The second-order valence-electron chi connectivity index (χ2n) is 6.74. The fourth-order valence-corrected chi connectivity index (χ4v) is 3.40. The molecule has 0 aliphatic carbocycles. The van der Waals surface area contributed by atoms with Gasteiger partial charge in [-0.2, -0.15) is 0 Å². The van der Waals surface area contributed by atoms with Gasteiger partial charge in [-0.25, -0.2) is 0 Å². The summed E-state index contributed by atoms with van der Waals surface area (Å²) in [6, 6.07) is 13.1. The van der Waals surface area contributed by atoms with Crippen LogP contribution in [0.2, 0.25) is 0 Å². The standard InChI is InChI=1S/C21H24N2O2/c1-14-10-11-18(15(2)13-14)20(24)22-16(3)21(25)23-12-6-8-17-7-4-5-9-19(17)23/h4-5,7,9-11,13,16H,6,8,12H2,1-3H3,(H,22,24)/t16-/m0/s1. The van der Waals surface area contributed by atoms with E-state index < -0.39 is 6.04 Å². The molecular formula is C21H24N2O2. The van der Waals surface area contributed by atoms with E-state index in [1.165, 1.54) is 5.56 Å². The molecule has 130 valence electrons. The molecule has 0 aromatic heterocycles. The van der Waals surface area contributed by atoms with Crippen LogP contribution in [-0.2, 0) is 11.2 Å². The summed E-state index contributed by atoms with van der Waals surface area (Å²) in [4.78, 5) is 27.2. The second-order valence-corrected chi connectivity index (χ2v) is 6.74. The van der Waals surface area contributed by atoms with Crippen LogP contribution in [0.4, 0.5) is 5.69 Å². The van der Waals surface area contributed by atoms with E-state index in [-0.39, 0.29) is 11.8 Å². The molecule has 1 atom stereocenters. The number of carbonyl (C=O) groups excluding carboxylic acids is 2. The molecule has 25 heavy (non-hydrogen) atoms. The van der Waals surface area contributed by atoms with E-state index >= 15 is 0 Å². The van der Waals surface area contributed by atoms with Crippen molar-refractivity contribution in [2.75, 3.05) is 11.4 Å². The van der Waals surface area contributed by atoms with Crippen molar-refractivity contribution in [1.29, 1.82) is 0 Å². The molecule has 3 rings (SSSR count). The summed E-state index contributed by atoms with van der Waals surface area (Å²) in [6.07, 6.45) is 1.93. The van der Waals surface area contributed by atoms with Crippen molar-refractivity contribution in [2.24, 2.45) is 0 Å². The molecule has 0 fully saturated rings. The van der Waals surface area contributed by atoms with E-state index in [1.807, 2.05) is 50.2 Å². The molecule has 4 heteroatoms. The van der Waals surface area contributed by atoms with Crippen LogP contribution in [0.1, 0.15) is 40.4 Å². The number of nitrogens with one attached hydrogen (secondary N) is 1. The zero-order valence-corrected chi connectivity index (χ0v) is 15.0. The fraction of sp³-hybridized carbons (Fsp3) is 0.333. The van der Waals surface area contributed by atoms with E-state index in [0.717, 1.165) is 29.7 Å². The van der Waals surface area contributed by atoms with Gasteiger partial charge in [0.1, 0.15) is 6.04 Å². The zero-order chi connectivity index (χ0) is 18.0. The Morgan fingerprint density at radius 2 is 1.88 bits per heavy atom. The molecule has 1 N–H and O–H groups in total. The van der Waals surface area contributed by atoms with Crippen molar-refractivity contribution in [3.05, 3.63) is 64.7 Å². The SMILES string of the molecule is Cc1ccc(C(=O)N[C@@H](C)C(=O)N2CCCc3ccccc32)c(C)c1. The Morgan fingerprint density at radius 1 is 1.12 bits per heavy atom. The van der Waals surface area contributed by atoms with E-state index in [9.17, 15) is 9.59 Å². The molecule has 2 amide bonds. The maximum absolute atomic E-state index is 12.9. The van der Waals surface area contributed by atoms with Crippen molar-refractivity contribution in [2.45, 2.75) is 39.7 Å². The van der Waals surface area contributed by atoms with Crippen LogP contribution in [0.15, 0.2) is 42.5 Å². The molecule has 1 aliphatic rings. The van der Waals surface area contributed by atoms with Crippen LogP contribution < -0.4 is 10.2 Å². The number of benzene rings is 2. The number of amides is 2. The Bertz CT molecular complexity index is 813. The summed E-state index contributed by atoms with van der Waals surface area (Å²) in [6.45, 7) is 6.35. The minimum Gasteiger partial charge on any atom is -0.340 e. The van der Waals surface area contributed by atoms with E-state index in [4.69, 9.17) is 0 Å². The van der Waals surface area contributed by atoms with Gasteiger partial charge >= 0.3 is 0 Å². The lowest BCUT2D eigenvalue weighted by atomic mass is 10.0. The third-order valence-corrected chi connectivity index (χ3v) is 4.72. The van der Waals surface area contributed by atoms with E-state index in [0.29, 0.717) is 12.1 Å². The zero-order valence-electron chi connectivity index (χ0n) is 15.0. The second kappa shape index (κ2) is 7.09. The number of fused-ring (bicyclic) bond motifs is 1. The van der Waals surface area contributed by atoms with Crippen LogP contribution in [0, 0.1) is 13.8 Å². The maximum atomic E-state index is 12.9. The van der Waals surface area contributed by atoms with Crippen LogP contribution >= 0.6 is 0 Å². The van der Waals surface area contributed by atoms with Crippen LogP contribution in [0.25, 0.3) is 0 Å². The first-order valence-corrected chi connectivity index (χ1v) is 8.75. The largest absolute Gasteiger partial charge is 0.340 e. The number of nitrogens with zero attached hydrogens (tertiary/aromatic N) is 1. The lowest BCUT2D eigenvalue weighted by Crippen LogP contribution is -2.48. The van der Waals surface area contributed by atoms with Crippen LogP contribution in [-0.4, -0.2) is 24.4 Å². The fourth-order valence-electron chi connectivity index (χ4n) is 3.40. The van der Waals surface area contributed by atoms with E-state index in [1.54, 1.807) is 11.8 Å². The monoisotopic (exact) mass is 336 g/mol. The number of hydrogen-bond donors (Lipinski definition) is 1. The van der Waals surface area contributed by atoms with Crippen molar-refractivity contribution in [3.63, 3.8) is 0 Å². The molecule has 0 spiro atoms. The Hall–Kier alpha value is -2.62. The maximum Gasteiger partial charge on any atom is 0.252 e. The first kappa shape index (κ1) is 17.2. The first-order valence-electron chi connectivity index (χ1n) is 8.75. The van der Waals surface area contributed by atoms with Gasteiger partial charge in [0.15, 0.2) is 0 Å². The number of hydrogen-bond acceptors (Lipinski definition) is 2. The van der Waals surface area contributed by atoms with Gasteiger partial charge in [0.2, 0.25) is 5.91 Å². The molecule has 1 aliphatic heterocycles. The summed E-state index contributed by atoms with van der Waals surface area (Å²) in [5.74, 6) is -0.270. The highest BCUT2D eigenvalue weighted by Crippen LogP contribution is 2.27. The highest BCUT2D eigenvalue weighted by molar-refractivity contribution is 6.03. The molecule has 0 bridgehead atoms. The number of anilines is 1. The van der Waals surface area contributed by atoms with Crippen molar-refractivity contribution in [1.82, 2.24) is 5.32 Å². The Labute approximate surface area is 148 Å². The first-order chi connectivity index (χ1) is 12.0. The lowest BCUT2D eigenvalue weighted by Gasteiger charge is -2.31. The third-order valence-electron chi connectivity index (χ3n) is 4.72. The third kappa shape index (κ3) is 3.58. The molecule has 2 aromatic rings. The Balaban J connectivity index is 1.74. The molecule has 4 nitrogen and oxygen atoms in total. The number of para-hydroxylation sites is 1. The van der Waals surface area contributed by atoms with E-state index in [2.05, 4.69) is 11.4 Å². The quantitative estimate of drug-likeness (QED) is 0.934. The van der Waals surface area contributed by atoms with Gasteiger partial charge in [0.05, 0.1) is 0 Å². The number of aryl methyl sites for hydroxylation is 3. The number of rotatable bonds is 3. The van der Waals surface area contributed by atoms with Crippen molar-refractivity contribution < 1.29 is 9.59 Å². The predicted molar refractivity (Wildman–Crippen MR) is 100.0 cm³/mol. The normalized spacial score (nSPS) is 14.6. The molecule has 0 saturated heterocycles. The summed E-state index contributed by atoms with van der Waals surface area (Å²) in [7, 11) is 0. The molecular weight excluding hydrogens is 312 g/mol. The van der Waals surface area contributed by atoms with Gasteiger partial charge in [-0.15, -0.1) is 0 Å². The molecule has 0 unspecified atom stereocenters. The minimum absolute atomic E-state index is 0.0646. The van der Waals surface area contributed by atoms with Gasteiger partial charge in [-0.05, 0) is 56.9 Å². The Kier molecular flexibility index (Phi) is 4.88. The predicted octanol–water partition coefficient (Wildman–Crippen LogP) is 3.40.